The van der Waals surface area contributed by atoms with Crippen molar-refractivity contribution in [3.63, 3.8) is 0 Å². The molecule has 0 unspecified atom stereocenters. The standard InChI is InChI=1S/C11H9ClF3IOS/c12-9-5-7(16)1-2-10(9)18-6-8(17)3-4-11(13,14)15/h1-2,5H,3-4,6H2. The van der Waals surface area contributed by atoms with Gasteiger partial charge in [0.2, 0.25) is 0 Å². The van der Waals surface area contributed by atoms with Gasteiger partial charge in [-0.1, -0.05) is 11.6 Å². The quantitative estimate of drug-likeness (QED) is 0.507. The van der Waals surface area contributed by atoms with E-state index in [0.717, 1.165) is 15.3 Å². The van der Waals surface area contributed by atoms with E-state index >= 15 is 0 Å². The van der Waals surface area contributed by atoms with Crippen molar-refractivity contribution in [1.82, 2.24) is 0 Å². The van der Waals surface area contributed by atoms with Gasteiger partial charge in [-0.2, -0.15) is 13.2 Å². The minimum Gasteiger partial charge on any atom is -0.299 e. The number of benzene rings is 1. The molecule has 0 saturated heterocycles. The highest BCUT2D eigenvalue weighted by atomic mass is 127. The van der Waals surface area contributed by atoms with E-state index in [1.165, 1.54) is 0 Å². The third-order valence-electron chi connectivity index (χ3n) is 1.97. The summed E-state index contributed by atoms with van der Waals surface area (Å²) in [7, 11) is 0. The van der Waals surface area contributed by atoms with E-state index in [-0.39, 0.29) is 5.75 Å². The molecule has 0 bridgehead atoms. The minimum atomic E-state index is -4.28. The molecule has 0 aromatic heterocycles. The van der Waals surface area contributed by atoms with Crippen molar-refractivity contribution in [2.45, 2.75) is 23.9 Å². The van der Waals surface area contributed by atoms with Gasteiger partial charge in [0.25, 0.3) is 0 Å². The first-order valence-corrected chi connectivity index (χ1v) is 7.38. The van der Waals surface area contributed by atoms with Crippen LogP contribution < -0.4 is 0 Å². The molecule has 0 atom stereocenters. The van der Waals surface area contributed by atoms with Crippen LogP contribution in [-0.4, -0.2) is 17.7 Å². The van der Waals surface area contributed by atoms with Crippen molar-refractivity contribution in [2.24, 2.45) is 0 Å². The molecule has 0 aliphatic rings. The largest absolute Gasteiger partial charge is 0.389 e. The maximum Gasteiger partial charge on any atom is 0.389 e. The number of rotatable bonds is 5. The average Bonchev–Trinajstić information content (AvgIpc) is 2.24. The van der Waals surface area contributed by atoms with Gasteiger partial charge >= 0.3 is 6.18 Å². The summed E-state index contributed by atoms with van der Waals surface area (Å²) in [5.41, 5.74) is 0. The fraction of sp³-hybridized carbons (Fsp3) is 0.364. The first-order valence-electron chi connectivity index (χ1n) is 4.94. The van der Waals surface area contributed by atoms with Crippen LogP contribution in [0.1, 0.15) is 12.8 Å². The van der Waals surface area contributed by atoms with Crippen molar-refractivity contribution in [1.29, 1.82) is 0 Å². The Labute approximate surface area is 126 Å². The molecular formula is C11H9ClF3IOS. The number of halogens is 5. The molecule has 18 heavy (non-hydrogen) atoms. The van der Waals surface area contributed by atoms with Crippen molar-refractivity contribution in [3.8, 4) is 0 Å². The van der Waals surface area contributed by atoms with E-state index in [0.29, 0.717) is 9.92 Å². The molecule has 0 fully saturated rings. The number of carbonyl (C=O) groups is 1. The maximum atomic E-state index is 11.9. The summed E-state index contributed by atoms with van der Waals surface area (Å²) in [6, 6.07) is 5.32. The van der Waals surface area contributed by atoms with Crippen LogP contribution in [0.25, 0.3) is 0 Å². The maximum absolute atomic E-state index is 11.9. The predicted molar refractivity (Wildman–Crippen MR) is 75.2 cm³/mol. The molecule has 100 valence electrons. The van der Waals surface area contributed by atoms with Crippen LogP contribution in [0.4, 0.5) is 13.2 Å². The number of carbonyl (C=O) groups excluding carboxylic acids is 1. The van der Waals surface area contributed by atoms with E-state index < -0.39 is 24.8 Å². The molecule has 0 N–H and O–H groups in total. The minimum absolute atomic E-state index is 0.0103. The number of Topliss-reactive ketones (excluding diaryl/α,β-unsaturated/α-hetero) is 1. The molecule has 1 rings (SSSR count). The third kappa shape index (κ3) is 6.29. The van der Waals surface area contributed by atoms with Gasteiger partial charge in [-0.15, -0.1) is 11.8 Å². The Morgan fingerprint density at radius 1 is 1.39 bits per heavy atom. The Morgan fingerprint density at radius 3 is 2.61 bits per heavy atom. The van der Waals surface area contributed by atoms with E-state index in [1.54, 1.807) is 12.1 Å². The fourth-order valence-corrected chi connectivity index (χ4v) is 2.95. The zero-order chi connectivity index (χ0) is 13.8. The molecule has 0 saturated carbocycles. The summed E-state index contributed by atoms with van der Waals surface area (Å²) < 4.78 is 36.7. The van der Waals surface area contributed by atoms with Gasteiger partial charge in [0.05, 0.1) is 17.2 Å². The van der Waals surface area contributed by atoms with Gasteiger partial charge in [0, 0.05) is 14.9 Å². The lowest BCUT2D eigenvalue weighted by Gasteiger charge is -2.06. The van der Waals surface area contributed by atoms with Crippen molar-refractivity contribution in [3.05, 3.63) is 26.8 Å². The van der Waals surface area contributed by atoms with Gasteiger partial charge in [0.1, 0.15) is 5.78 Å². The van der Waals surface area contributed by atoms with Gasteiger partial charge in [-0.25, -0.2) is 0 Å². The highest BCUT2D eigenvalue weighted by Crippen LogP contribution is 2.29. The van der Waals surface area contributed by atoms with Crippen molar-refractivity contribution in [2.75, 3.05) is 5.75 Å². The monoisotopic (exact) mass is 408 g/mol. The van der Waals surface area contributed by atoms with Gasteiger partial charge in [-0.05, 0) is 40.8 Å². The van der Waals surface area contributed by atoms with E-state index in [4.69, 9.17) is 11.6 Å². The topological polar surface area (TPSA) is 17.1 Å². The van der Waals surface area contributed by atoms with Gasteiger partial charge in [0.15, 0.2) is 0 Å². The highest BCUT2D eigenvalue weighted by molar-refractivity contribution is 14.1. The first kappa shape index (κ1) is 16.1. The Hall–Kier alpha value is 0.0500. The van der Waals surface area contributed by atoms with Crippen molar-refractivity contribution >= 4 is 51.7 Å². The van der Waals surface area contributed by atoms with Gasteiger partial charge < -0.3 is 0 Å². The molecule has 0 heterocycles. The average molecular weight is 409 g/mol. The molecule has 1 nitrogen and oxygen atoms in total. The molecule has 0 aliphatic carbocycles. The van der Waals surface area contributed by atoms with E-state index in [1.807, 2.05) is 6.07 Å². The summed E-state index contributed by atoms with van der Waals surface area (Å²) in [6.07, 6.45) is -5.81. The summed E-state index contributed by atoms with van der Waals surface area (Å²) in [6.45, 7) is 0. The molecule has 0 spiro atoms. The third-order valence-corrected chi connectivity index (χ3v) is 4.20. The number of hydrogen-bond acceptors (Lipinski definition) is 2. The van der Waals surface area contributed by atoms with Crippen molar-refractivity contribution < 1.29 is 18.0 Å². The highest BCUT2D eigenvalue weighted by Gasteiger charge is 2.27. The Bertz CT molecular complexity index is 437. The van der Waals surface area contributed by atoms with Crippen LogP contribution in [-0.2, 0) is 4.79 Å². The van der Waals surface area contributed by atoms with Crippen LogP contribution in [0.3, 0.4) is 0 Å². The molecule has 7 heteroatoms. The number of alkyl halides is 3. The fourth-order valence-electron chi connectivity index (χ4n) is 1.10. The molecule has 0 aliphatic heterocycles. The SMILES string of the molecule is O=C(CCC(F)(F)F)CSc1ccc(I)cc1Cl. The number of hydrogen-bond donors (Lipinski definition) is 0. The zero-order valence-electron chi connectivity index (χ0n) is 9.06. The molecular weight excluding hydrogens is 400 g/mol. The van der Waals surface area contributed by atoms with Crippen LogP contribution in [0.5, 0.6) is 0 Å². The second-order valence-electron chi connectivity index (χ2n) is 3.52. The lowest BCUT2D eigenvalue weighted by Crippen LogP contribution is -2.11. The Morgan fingerprint density at radius 2 is 2.06 bits per heavy atom. The summed E-state index contributed by atoms with van der Waals surface area (Å²) in [5.74, 6) is -0.414. The lowest BCUT2D eigenvalue weighted by molar-refractivity contribution is -0.142. The normalized spacial score (nSPS) is 11.6. The first-order chi connectivity index (χ1) is 8.28. The van der Waals surface area contributed by atoms with Crippen LogP contribution in [0, 0.1) is 3.57 Å². The van der Waals surface area contributed by atoms with Crippen LogP contribution >= 0.6 is 46.0 Å². The molecule has 1 aromatic rings. The number of thioether (sulfide) groups is 1. The smallest absolute Gasteiger partial charge is 0.299 e. The zero-order valence-corrected chi connectivity index (χ0v) is 12.8. The number of ketones is 1. The Balaban J connectivity index is 2.43. The summed E-state index contributed by atoms with van der Waals surface area (Å²) in [4.78, 5) is 12.0. The van der Waals surface area contributed by atoms with Crippen LogP contribution in [0.2, 0.25) is 5.02 Å². The summed E-state index contributed by atoms with van der Waals surface area (Å²) in [5, 5.41) is 0.510. The van der Waals surface area contributed by atoms with Crippen LogP contribution in [0.15, 0.2) is 23.1 Å². The lowest BCUT2D eigenvalue weighted by atomic mass is 10.2. The Kier molecular flexibility index (Phi) is 6.26. The van der Waals surface area contributed by atoms with Gasteiger partial charge in [-0.3, -0.25) is 4.79 Å². The molecule has 0 radical (unpaired) electrons. The molecule has 0 amide bonds. The van der Waals surface area contributed by atoms with E-state index in [9.17, 15) is 18.0 Å². The molecule has 1 aromatic carbocycles. The van der Waals surface area contributed by atoms with E-state index in [2.05, 4.69) is 22.6 Å². The second kappa shape index (κ2) is 7.00. The summed E-state index contributed by atoms with van der Waals surface area (Å²) >= 11 is 9.21. The predicted octanol–water partition coefficient (Wildman–Crippen LogP) is 4.95. The second-order valence-corrected chi connectivity index (χ2v) is 6.19.